The lowest BCUT2D eigenvalue weighted by molar-refractivity contribution is -0.192. The molecule has 2 bridgehead atoms. The number of nitriles is 1. The molecule has 3 N–H and O–H groups in total. The highest BCUT2D eigenvalue weighted by Crippen LogP contribution is 2.49. The molecule has 3 aliphatic heterocycles. The van der Waals surface area contributed by atoms with Gasteiger partial charge >= 0.3 is 12.1 Å². The highest BCUT2D eigenvalue weighted by molar-refractivity contribution is 5.84. The van der Waals surface area contributed by atoms with Gasteiger partial charge in [0, 0.05) is 24.2 Å². The Balaban J connectivity index is 0.000000325. The summed E-state index contributed by atoms with van der Waals surface area (Å²) in [5, 5.41) is 16.5. The zero-order chi connectivity index (χ0) is 23.9. The van der Waals surface area contributed by atoms with Crippen molar-refractivity contribution in [2.24, 2.45) is 17.6 Å². The molecular weight excluding hydrogens is 437 g/mol. The Morgan fingerprint density at radius 1 is 0.970 bits per heavy atom. The Hall–Kier alpha value is -1.86. The van der Waals surface area contributed by atoms with E-state index in [2.05, 4.69) is 11.0 Å². The van der Waals surface area contributed by atoms with Crippen molar-refractivity contribution in [3.8, 4) is 6.07 Å². The molecule has 33 heavy (non-hydrogen) atoms. The fraction of sp³-hybridized carbons (Fsp3) is 0.870. The normalized spacial score (nSPS) is 36.9. The second-order valence-electron chi connectivity index (χ2n) is 10.4. The zero-order valence-corrected chi connectivity index (χ0v) is 18.7. The van der Waals surface area contributed by atoms with E-state index < -0.39 is 18.2 Å². The number of carbonyl (C=O) groups is 2. The van der Waals surface area contributed by atoms with Gasteiger partial charge in [-0.2, -0.15) is 18.4 Å². The molecule has 0 aromatic heterocycles. The molecule has 1 amide bonds. The number of hydrogen-bond acceptors (Lipinski definition) is 5. The first-order valence-corrected chi connectivity index (χ1v) is 12.2. The molecule has 2 saturated carbocycles. The number of piperidine rings is 2. The summed E-state index contributed by atoms with van der Waals surface area (Å²) in [6, 6.07) is 4.08. The maximum Gasteiger partial charge on any atom is 0.490 e. The first-order valence-electron chi connectivity index (χ1n) is 12.2. The molecule has 4 unspecified atom stereocenters. The number of hydrogen-bond donors (Lipinski definition) is 2. The molecule has 5 rings (SSSR count). The maximum atomic E-state index is 13.1. The zero-order valence-electron chi connectivity index (χ0n) is 18.7. The maximum absolute atomic E-state index is 13.1. The van der Waals surface area contributed by atoms with E-state index in [4.69, 9.17) is 15.6 Å². The molecule has 5 aliphatic rings. The minimum absolute atomic E-state index is 0.0667. The van der Waals surface area contributed by atoms with Gasteiger partial charge in [-0.15, -0.1) is 0 Å². The fourth-order valence-corrected chi connectivity index (χ4v) is 6.79. The average molecular weight is 471 g/mol. The molecule has 10 heteroatoms. The van der Waals surface area contributed by atoms with E-state index in [0.29, 0.717) is 30.0 Å². The SMILES string of the molecule is N#C[C@@H]1CC2CC2N1C(=O)[C@@H](N)C1CC2CCC(C1)N2C1CCCCC1.O=C(O)C(F)(F)F. The van der Waals surface area contributed by atoms with E-state index in [1.54, 1.807) is 0 Å². The van der Waals surface area contributed by atoms with Gasteiger partial charge in [-0.25, -0.2) is 4.79 Å². The van der Waals surface area contributed by atoms with Crippen molar-refractivity contribution in [2.75, 3.05) is 0 Å². The van der Waals surface area contributed by atoms with Crippen LogP contribution in [0.25, 0.3) is 0 Å². The number of alkyl halides is 3. The third kappa shape index (κ3) is 4.99. The summed E-state index contributed by atoms with van der Waals surface area (Å²) in [5.41, 5.74) is 6.53. The monoisotopic (exact) mass is 470 g/mol. The summed E-state index contributed by atoms with van der Waals surface area (Å²) in [6.07, 6.45) is 8.50. The Morgan fingerprint density at radius 2 is 1.55 bits per heavy atom. The van der Waals surface area contributed by atoms with Crippen LogP contribution in [0.2, 0.25) is 0 Å². The Bertz CT molecular complexity index is 781. The lowest BCUT2D eigenvalue weighted by atomic mass is 9.82. The summed E-state index contributed by atoms with van der Waals surface area (Å²) in [4.78, 5) is 26.7. The predicted octanol–water partition coefficient (Wildman–Crippen LogP) is 3.04. The third-order valence-corrected chi connectivity index (χ3v) is 8.37. The van der Waals surface area contributed by atoms with Gasteiger partial charge in [0.2, 0.25) is 5.91 Å². The second-order valence-corrected chi connectivity index (χ2v) is 10.4. The van der Waals surface area contributed by atoms with Gasteiger partial charge in [-0.1, -0.05) is 19.3 Å². The van der Waals surface area contributed by atoms with E-state index in [9.17, 15) is 23.2 Å². The van der Waals surface area contributed by atoms with Gasteiger partial charge in [-0.3, -0.25) is 9.69 Å². The molecule has 3 saturated heterocycles. The van der Waals surface area contributed by atoms with E-state index in [1.165, 1.54) is 44.9 Å². The molecule has 6 atom stereocenters. The summed E-state index contributed by atoms with van der Waals surface area (Å²) >= 11 is 0. The van der Waals surface area contributed by atoms with Crippen LogP contribution in [0.15, 0.2) is 0 Å². The minimum atomic E-state index is -5.08. The topological polar surface area (TPSA) is 111 Å². The molecule has 2 aliphatic carbocycles. The van der Waals surface area contributed by atoms with Crippen molar-refractivity contribution in [1.82, 2.24) is 9.80 Å². The van der Waals surface area contributed by atoms with Gasteiger partial charge in [0.05, 0.1) is 12.1 Å². The van der Waals surface area contributed by atoms with Gasteiger partial charge in [0.25, 0.3) is 0 Å². The van der Waals surface area contributed by atoms with Crippen LogP contribution in [0.4, 0.5) is 13.2 Å². The molecule has 0 aromatic carbocycles. The van der Waals surface area contributed by atoms with E-state index in [0.717, 1.165) is 31.7 Å². The van der Waals surface area contributed by atoms with Crippen LogP contribution in [-0.2, 0) is 9.59 Å². The summed E-state index contributed by atoms with van der Waals surface area (Å²) in [7, 11) is 0. The van der Waals surface area contributed by atoms with Crippen LogP contribution < -0.4 is 5.73 Å². The Morgan fingerprint density at radius 3 is 2.06 bits per heavy atom. The van der Waals surface area contributed by atoms with Gasteiger partial charge in [0.1, 0.15) is 6.04 Å². The third-order valence-electron chi connectivity index (χ3n) is 8.37. The number of halogens is 3. The minimum Gasteiger partial charge on any atom is -0.475 e. The van der Waals surface area contributed by atoms with Crippen molar-refractivity contribution >= 4 is 11.9 Å². The van der Waals surface area contributed by atoms with Gasteiger partial charge in [-0.05, 0) is 63.2 Å². The quantitative estimate of drug-likeness (QED) is 0.656. The largest absolute Gasteiger partial charge is 0.490 e. The van der Waals surface area contributed by atoms with Crippen molar-refractivity contribution in [1.29, 1.82) is 5.26 Å². The number of nitrogens with zero attached hydrogens (tertiary/aromatic N) is 3. The molecule has 5 fully saturated rings. The van der Waals surface area contributed by atoms with Crippen molar-refractivity contribution in [3.05, 3.63) is 0 Å². The lowest BCUT2D eigenvalue weighted by Gasteiger charge is -2.46. The summed E-state index contributed by atoms with van der Waals surface area (Å²) in [5.74, 6) is -1.82. The molecule has 3 heterocycles. The average Bonchev–Trinajstić information content (AvgIpc) is 3.37. The number of carboxylic acids is 1. The first kappa shape index (κ1) is 24.3. The van der Waals surface area contributed by atoms with Crippen LogP contribution in [0.3, 0.4) is 0 Å². The fourth-order valence-electron chi connectivity index (χ4n) is 6.79. The Labute approximate surface area is 192 Å². The number of amides is 1. The van der Waals surface area contributed by atoms with Gasteiger partial charge in [0.15, 0.2) is 0 Å². The summed E-state index contributed by atoms with van der Waals surface area (Å²) < 4.78 is 31.7. The van der Waals surface area contributed by atoms with Crippen LogP contribution in [0.1, 0.15) is 70.6 Å². The predicted molar refractivity (Wildman–Crippen MR) is 113 cm³/mol. The molecular formula is C23H33F3N4O3. The van der Waals surface area contributed by atoms with Crippen LogP contribution >= 0.6 is 0 Å². The number of carbonyl (C=O) groups excluding carboxylic acids is 1. The number of rotatable bonds is 3. The molecule has 7 nitrogen and oxygen atoms in total. The lowest BCUT2D eigenvalue weighted by Crippen LogP contribution is -2.56. The number of carboxylic acid groups (broad SMARTS) is 1. The molecule has 0 radical (unpaired) electrons. The van der Waals surface area contributed by atoms with Crippen molar-refractivity contribution in [3.63, 3.8) is 0 Å². The van der Waals surface area contributed by atoms with E-state index in [-0.39, 0.29) is 11.9 Å². The van der Waals surface area contributed by atoms with E-state index >= 15 is 0 Å². The highest BCUT2D eigenvalue weighted by atomic mass is 19.4. The van der Waals surface area contributed by atoms with Gasteiger partial charge < -0.3 is 15.7 Å². The molecule has 0 spiro atoms. The van der Waals surface area contributed by atoms with Crippen LogP contribution in [0.5, 0.6) is 0 Å². The number of aliphatic carboxylic acids is 1. The summed E-state index contributed by atoms with van der Waals surface area (Å²) in [6.45, 7) is 0. The van der Waals surface area contributed by atoms with Crippen molar-refractivity contribution < 1.29 is 27.9 Å². The second kappa shape index (κ2) is 9.41. The number of likely N-dealkylation sites (tertiary alicyclic amines) is 1. The standard InChI is InChI=1S/C21H32N4O.C2HF3O2/c22-12-18-8-13-11-19(13)25(18)21(26)20(23)14-9-16-6-7-17(10-14)24(16)15-4-2-1-3-5-15;3-2(4,5)1(6)7/h13-20H,1-11,23H2;(H,6,7)/t13?,14?,16?,17?,18-,19?,20-;/m0./s1. The number of nitrogens with two attached hydrogens (primary N) is 1. The number of fused-ring (bicyclic) bond motifs is 3. The highest BCUT2D eigenvalue weighted by Gasteiger charge is 2.56. The Kier molecular flexibility index (Phi) is 6.92. The van der Waals surface area contributed by atoms with E-state index in [1.807, 2.05) is 4.90 Å². The van der Waals surface area contributed by atoms with Crippen LogP contribution in [-0.4, -0.2) is 69.2 Å². The smallest absolute Gasteiger partial charge is 0.475 e. The first-order chi connectivity index (χ1) is 15.6. The van der Waals surface area contributed by atoms with Crippen LogP contribution in [0, 0.1) is 23.2 Å². The van der Waals surface area contributed by atoms with Crippen molar-refractivity contribution in [2.45, 2.75) is 113 Å². The molecule has 0 aromatic rings. The molecule has 184 valence electrons.